The lowest BCUT2D eigenvalue weighted by molar-refractivity contribution is 0.0919. The van der Waals surface area contributed by atoms with Crippen molar-refractivity contribution in [2.24, 2.45) is 0 Å². The van der Waals surface area contributed by atoms with E-state index in [1.807, 2.05) is 30.3 Å². The number of ether oxygens (including phenoxy) is 1. The number of carbonyl (C=O) groups excluding carboxylic acids is 3. The Kier molecular flexibility index (Phi) is 6.63. The Morgan fingerprint density at radius 1 is 1.21 bits per heavy atom. The van der Waals surface area contributed by atoms with Crippen LogP contribution in [0.3, 0.4) is 0 Å². The van der Waals surface area contributed by atoms with Crippen LogP contribution in [0.4, 0.5) is 9.80 Å². The highest BCUT2D eigenvalue weighted by Crippen LogP contribution is 2.38. The van der Waals surface area contributed by atoms with E-state index >= 15 is 0 Å². The number of carbonyl (C=O) groups is 3. The highest BCUT2D eigenvalue weighted by atomic mass is 32.1. The molecule has 1 aromatic carbocycles. The van der Waals surface area contributed by atoms with Gasteiger partial charge in [-0.2, -0.15) is 4.98 Å². The normalized spacial score (nSPS) is 15.3. The molecule has 0 spiro atoms. The van der Waals surface area contributed by atoms with Crippen LogP contribution in [0, 0.1) is 6.92 Å². The van der Waals surface area contributed by atoms with Crippen LogP contribution >= 0.6 is 11.3 Å². The largest absolute Gasteiger partial charge is 0.445 e. The van der Waals surface area contributed by atoms with Gasteiger partial charge in [-0.1, -0.05) is 46.8 Å². The zero-order valence-corrected chi connectivity index (χ0v) is 18.8. The summed E-state index contributed by atoms with van der Waals surface area (Å²) in [7, 11) is 1.47. The second kappa shape index (κ2) is 9.77. The van der Waals surface area contributed by atoms with Gasteiger partial charge in [-0.15, -0.1) is 0 Å². The molecule has 2 aromatic heterocycles. The molecule has 1 fully saturated rings. The van der Waals surface area contributed by atoms with Crippen LogP contribution in [-0.4, -0.2) is 51.5 Å². The highest BCUT2D eigenvalue weighted by molar-refractivity contribution is 7.16. The van der Waals surface area contributed by atoms with Crippen molar-refractivity contribution in [1.29, 1.82) is 0 Å². The Labute approximate surface area is 193 Å². The van der Waals surface area contributed by atoms with Crippen molar-refractivity contribution in [1.82, 2.24) is 25.3 Å². The van der Waals surface area contributed by atoms with Crippen molar-refractivity contribution >= 4 is 34.2 Å². The molecule has 2 N–H and O–H groups in total. The van der Waals surface area contributed by atoms with Gasteiger partial charge in [0.1, 0.15) is 16.6 Å². The minimum atomic E-state index is -0.651. The zero-order chi connectivity index (χ0) is 23.4. The molecule has 3 aromatic rings. The van der Waals surface area contributed by atoms with E-state index in [0.717, 1.165) is 23.3 Å². The maximum atomic E-state index is 12.8. The summed E-state index contributed by atoms with van der Waals surface area (Å²) in [5.74, 6) is -1.03. The molecule has 0 unspecified atom stereocenters. The lowest BCUT2D eigenvalue weighted by Crippen LogP contribution is -2.31. The summed E-state index contributed by atoms with van der Waals surface area (Å²) < 4.78 is 10.4. The Hall–Kier alpha value is -3.80. The topological polar surface area (TPSA) is 140 Å². The summed E-state index contributed by atoms with van der Waals surface area (Å²) in [4.78, 5) is 47.5. The number of rotatable bonds is 6. The molecule has 1 saturated heterocycles. The van der Waals surface area contributed by atoms with Crippen molar-refractivity contribution in [2.45, 2.75) is 32.4 Å². The molecule has 0 radical (unpaired) electrons. The summed E-state index contributed by atoms with van der Waals surface area (Å²) in [5, 5.41) is 9.48. The van der Waals surface area contributed by atoms with Crippen molar-refractivity contribution < 1.29 is 23.6 Å². The predicted molar refractivity (Wildman–Crippen MR) is 118 cm³/mol. The van der Waals surface area contributed by atoms with E-state index in [0.29, 0.717) is 23.8 Å². The van der Waals surface area contributed by atoms with Crippen LogP contribution in [0.25, 0.3) is 0 Å². The van der Waals surface area contributed by atoms with Gasteiger partial charge in [0.15, 0.2) is 11.5 Å². The maximum Gasteiger partial charge on any atom is 0.410 e. The molecule has 0 bridgehead atoms. The molecule has 0 aliphatic carbocycles. The Balaban J connectivity index is 1.52. The molecule has 172 valence electrons. The lowest BCUT2D eigenvalue weighted by Gasteiger charge is -2.22. The molecule has 4 rings (SSSR count). The van der Waals surface area contributed by atoms with E-state index in [-0.39, 0.29) is 29.2 Å². The lowest BCUT2D eigenvalue weighted by atomic mass is 10.2. The molecule has 1 aliphatic heterocycles. The van der Waals surface area contributed by atoms with Crippen LogP contribution < -0.4 is 10.6 Å². The number of aromatic nitrogens is 3. The number of nitrogens with one attached hydrogen (secondary N) is 2. The van der Waals surface area contributed by atoms with Crippen LogP contribution in [-0.2, 0) is 11.3 Å². The molecule has 3 amide bonds. The molecule has 33 heavy (non-hydrogen) atoms. The first-order valence-corrected chi connectivity index (χ1v) is 11.1. The van der Waals surface area contributed by atoms with Gasteiger partial charge in [-0.3, -0.25) is 14.5 Å². The second-order valence-electron chi connectivity index (χ2n) is 7.30. The molecule has 1 aliphatic rings. The summed E-state index contributed by atoms with van der Waals surface area (Å²) in [6.45, 7) is 2.26. The third-order valence-electron chi connectivity index (χ3n) is 5.01. The van der Waals surface area contributed by atoms with Crippen molar-refractivity contribution in [2.75, 3.05) is 18.9 Å². The SMILES string of the molecule is CNC(=O)c1nc([C@H]2CCCN2C(=O)OCc2ccccc2)sc1NC(=O)c1nc(C)no1. The van der Waals surface area contributed by atoms with Gasteiger partial charge >= 0.3 is 17.9 Å². The number of nitrogens with zero attached hydrogens (tertiary/aromatic N) is 4. The number of likely N-dealkylation sites (tertiary alicyclic amines) is 1. The molecule has 1 atom stereocenters. The third-order valence-corrected chi connectivity index (χ3v) is 6.08. The van der Waals surface area contributed by atoms with Gasteiger partial charge < -0.3 is 19.9 Å². The van der Waals surface area contributed by atoms with E-state index in [4.69, 9.17) is 9.26 Å². The van der Waals surface area contributed by atoms with Crippen LogP contribution in [0.15, 0.2) is 34.9 Å². The fraction of sp³-hybridized carbons (Fsp3) is 0.333. The Morgan fingerprint density at radius 3 is 2.70 bits per heavy atom. The van der Waals surface area contributed by atoms with Crippen LogP contribution in [0.1, 0.15) is 56.5 Å². The average molecular weight is 471 g/mol. The van der Waals surface area contributed by atoms with Gasteiger partial charge in [-0.25, -0.2) is 9.78 Å². The number of benzene rings is 1. The fourth-order valence-electron chi connectivity index (χ4n) is 3.43. The smallest absolute Gasteiger partial charge is 0.410 e. The fourth-order valence-corrected chi connectivity index (χ4v) is 4.53. The molecular weight excluding hydrogens is 448 g/mol. The number of thiazole rings is 1. The minimum Gasteiger partial charge on any atom is -0.445 e. The van der Waals surface area contributed by atoms with Gasteiger partial charge in [-0.05, 0) is 25.3 Å². The van der Waals surface area contributed by atoms with E-state index in [1.54, 1.807) is 11.8 Å². The Morgan fingerprint density at radius 2 is 2.00 bits per heavy atom. The zero-order valence-electron chi connectivity index (χ0n) is 18.0. The summed E-state index contributed by atoms with van der Waals surface area (Å²) in [6, 6.07) is 9.05. The van der Waals surface area contributed by atoms with Crippen molar-refractivity contribution in [3.63, 3.8) is 0 Å². The summed E-state index contributed by atoms with van der Waals surface area (Å²) >= 11 is 1.12. The van der Waals surface area contributed by atoms with E-state index < -0.39 is 17.9 Å². The summed E-state index contributed by atoms with van der Waals surface area (Å²) in [5.41, 5.74) is 0.936. The van der Waals surface area contributed by atoms with E-state index in [9.17, 15) is 14.4 Å². The third kappa shape index (κ3) is 5.00. The molecule has 12 heteroatoms. The standard InChI is InChI=1S/C21H22N6O5S/c1-12-23-18(32-26-12)17(29)25-20-15(16(28)22-2)24-19(33-20)14-9-6-10-27(14)21(30)31-11-13-7-4-3-5-8-13/h3-5,7-8,14H,6,9-11H2,1-2H3,(H,22,28)(H,25,29)/t14-/m1/s1. The van der Waals surface area contributed by atoms with Crippen LogP contribution in [0.2, 0.25) is 0 Å². The number of anilines is 1. The molecule has 11 nitrogen and oxygen atoms in total. The first-order valence-electron chi connectivity index (χ1n) is 10.3. The van der Waals surface area contributed by atoms with Crippen molar-refractivity contribution in [3.05, 3.63) is 58.3 Å². The minimum absolute atomic E-state index is 0.0478. The molecule has 0 saturated carbocycles. The maximum absolute atomic E-state index is 12.8. The molecule has 3 heterocycles. The monoisotopic (exact) mass is 470 g/mol. The molecular formula is C21H22N6O5S. The van der Waals surface area contributed by atoms with Gasteiger partial charge in [0, 0.05) is 13.6 Å². The predicted octanol–water partition coefficient (Wildman–Crippen LogP) is 2.92. The number of aryl methyl sites for hydroxylation is 1. The summed E-state index contributed by atoms with van der Waals surface area (Å²) in [6.07, 6.45) is 0.977. The van der Waals surface area contributed by atoms with Gasteiger partial charge in [0.25, 0.3) is 5.91 Å². The number of hydrogen-bond donors (Lipinski definition) is 2. The first kappa shape index (κ1) is 22.4. The number of amides is 3. The van der Waals surface area contributed by atoms with E-state index in [2.05, 4.69) is 25.8 Å². The first-order chi connectivity index (χ1) is 16.0. The van der Waals surface area contributed by atoms with Crippen molar-refractivity contribution in [3.8, 4) is 0 Å². The van der Waals surface area contributed by atoms with Gasteiger partial charge in [0.2, 0.25) is 0 Å². The quantitative estimate of drug-likeness (QED) is 0.560. The van der Waals surface area contributed by atoms with Gasteiger partial charge in [0.05, 0.1) is 6.04 Å². The Bertz CT molecular complexity index is 1160. The second-order valence-corrected chi connectivity index (χ2v) is 8.33. The highest BCUT2D eigenvalue weighted by Gasteiger charge is 2.35. The van der Waals surface area contributed by atoms with E-state index in [1.165, 1.54) is 7.05 Å². The van der Waals surface area contributed by atoms with Crippen LogP contribution in [0.5, 0.6) is 0 Å². The number of hydrogen-bond acceptors (Lipinski definition) is 9. The average Bonchev–Trinajstić information content (AvgIpc) is 3.57.